The van der Waals surface area contributed by atoms with E-state index in [2.05, 4.69) is 40.8 Å². The van der Waals surface area contributed by atoms with E-state index in [1.807, 2.05) is 12.1 Å². The molecule has 0 aliphatic carbocycles. The number of halogens is 2. The number of anilines is 1. The number of nitrogens with two attached hydrogens (primary N) is 1. The number of rotatable bonds is 3. The zero-order valence-corrected chi connectivity index (χ0v) is 15.7. The number of guanidine groups is 1. The van der Waals surface area contributed by atoms with E-state index in [0.717, 1.165) is 37.7 Å². The fraction of sp³-hybridized carbons (Fsp3) is 0.533. The van der Waals surface area contributed by atoms with Gasteiger partial charge in [0.25, 0.3) is 0 Å². The molecule has 1 aromatic rings. The average Bonchev–Trinajstić information content (AvgIpc) is 2.46. The molecule has 0 atom stereocenters. The molecule has 0 unspecified atom stereocenters. The SMILES string of the molecule is CC(C)CN=C(N)N1CCN(c2ccc(Cl)cc2)CC1.I. The van der Waals surface area contributed by atoms with Crippen molar-refractivity contribution in [1.29, 1.82) is 0 Å². The third-order valence-corrected chi connectivity index (χ3v) is 3.67. The van der Waals surface area contributed by atoms with E-state index in [1.165, 1.54) is 5.69 Å². The molecule has 1 heterocycles. The molecule has 21 heavy (non-hydrogen) atoms. The van der Waals surface area contributed by atoms with Crippen molar-refractivity contribution < 1.29 is 0 Å². The lowest BCUT2D eigenvalue weighted by molar-refractivity contribution is 0.380. The maximum atomic E-state index is 6.04. The van der Waals surface area contributed by atoms with Crippen LogP contribution >= 0.6 is 35.6 Å². The summed E-state index contributed by atoms with van der Waals surface area (Å²) in [6.45, 7) is 8.83. The van der Waals surface area contributed by atoms with Crippen molar-refractivity contribution in [3.8, 4) is 0 Å². The van der Waals surface area contributed by atoms with Gasteiger partial charge in [-0.1, -0.05) is 25.4 Å². The molecular formula is C15H24ClIN4. The van der Waals surface area contributed by atoms with Crippen LogP contribution in [0.2, 0.25) is 5.02 Å². The van der Waals surface area contributed by atoms with Gasteiger partial charge in [-0.3, -0.25) is 4.99 Å². The van der Waals surface area contributed by atoms with Crippen LogP contribution in [-0.4, -0.2) is 43.6 Å². The van der Waals surface area contributed by atoms with Crippen LogP contribution in [0.25, 0.3) is 0 Å². The minimum absolute atomic E-state index is 0. The summed E-state index contributed by atoms with van der Waals surface area (Å²) in [4.78, 5) is 8.95. The summed E-state index contributed by atoms with van der Waals surface area (Å²) >= 11 is 5.92. The monoisotopic (exact) mass is 422 g/mol. The Morgan fingerprint density at radius 1 is 1.19 bits per heavy atom. The highest BCUT2D eigenvalue weighted by Gasteiger charge is 2.18. The first-order chi connectivity index (χ1) is 9.56. The van der Waals surface area contributed by atoms with Gasteiger partial charge >= 0.3 is 0 Å². The predicted octanol–water partition coefficient (Wildman–Crippen LogP) is 3.05. The van der Waals surface area contributed by atoms with Crippen molar-refractivity contribution in [3.05, 3.63) is 29.3 Å². The maximum Gasteiger partial charge on any atom is 0.191 e. The fourth-order valence-electron chi connectivity index (χ4n) is 2.22. The van der Waals surface area contributed by atoms with Crippen LogP contribution in [-0.2, 0) is 0 Å². The first-order valence-electron chi connectivity index (χ1n) is 7.11. The molecule has 1 aromatic carbocycles. The lowest BCUT2D eigenvalue weighted by Crippen LogP contribution is -2.51. The van der Waals surface area contributed by atoms with Gasteiger partial charge in [0, 0.05) is 43.4 Å². The smallest absolute Gasteiger partial charge is 0.191 e. The third kappa shape index (κ3) is 5.54. The second-order valence-electron chi connectivity index (χ2n) is 5.54. The Bertz CT molecular complexity index is 453. The average molecular weight is 423 g/mol. The van der Waals surface area contributed by atoms with Gasteiger partial charge < -0.3 is 15.5 Å². The second-order valence-corrected chi connectivity index (χ2v) is 5.98. The minimum Gasteiger partial charge on any atom is -0.370 e. The standard InChI is InChI=1S/C15H23ClN4.HI/c1-12(2)11-18-15(17)20-9-7-19(8-10-20)14-5-3-13(16)4-6-14;/h3-6,12H,7-11H2,1-2H3,(H2,17,18);1H. The van der Waals surface area contributed by atoms with Crippen molar-refractivity contribution in [3.63, 3.8) is 0 Å². The molecule has 0 radical (unpaired) electrons. The first-order valence-corrected chi connectivity index (χ1v) is 7.49. The Kier molecular flexibility index (Phi) is 7.59. The lowest BCUT2D eigenvalue weighted by Gasteiger charge is -2.36. The van der Waals surface area contributed by atoms with Crippen molar-refractivity contribution in [1.82, 2.24) is 4.90 Å². The topological polar surface area (TPSA) is 44.9 Å². The summed E-state index contributed by atoms with van der Waals surface area (Å²) < 4.78 is 0. The van der Waals surface area contributed by atoms with Gasteiger partial charge in [0.2, 0.25) is 0 Å². The van der Waals surface area contributed by atoms with Gasteiger partial charge in [0.15, 0.2) is 5.96 Å². The van der Waals surface area contributed by atoms with Crippen LogP contribution in [0, 0.1) is 5.92 Å². The summed E-state index contributed by atoms with van der Waals surface area (Å²) in [5, 5.41) is 0.775. The molecule has 2 rings (SSSR count). The Morgan fingerprint density at radius 3 is 2.29 bits per heavy atom. The van der Waals surface area contributed by atoms with Gasteiger partial charge in [-0.2, -0.15) is 0 Å². The Hall–Kier alpha value is -0.690. The molecule has 0 aromatic heterocycles. The molecule has 0 saturated carbocycles. The highest BCUT2D eigenvalue weighted by atomic mass is 127. The number of hydrogen-bond acceptors (Lipinski definition) is 2. The van der Waals surface area contributed by atoms with E-state index in [1.54, 1.807) is 0 Å². The highest BCUT2D eigenvalue weighted by molar-refractivity contribution is 14.0. The minimum atomic E-state index is 0. The van der Waals surface area contributed by atoms with E-state index in [4.69, 9.17) is 17.3 Å². The van der Waals surface area contributed by atoms with E-state index in [-0.39, 0.29) is 24.0 Å². The molecular weight excluding hydrogens is 399 g/mol. The molecule has 1 aliphatic heterocycles. The summed E-state index contributed by atoms with van der Waals surface area (Å²) in [7, 11) is 0. The van der Waals surface area contributed by atoms with Crippen molar-refractivity contribution in [2.75, 3.05) is 37.6 Å². The first kappa shape index (κ1) is 18.4. The quantitative estimate of drug-likeness (QED) is 0.463. The van der Waals surface area contributed by atoms with Crippen LogP contribution in [0.1, 0.15) is 13.8 Å². The summed E-state index contributed by atoms with van der Waals surface area (Å²) in [6, 6.07) is 7.99. The normalized spacial score (nSPS) is 16.1. The Morgan fingerprint density at radius 2 is 1.76 bits per heavy atom. The molecule has 2 N–H and O–H groups in total. The van der Waals surface area contributed by atoms with E-state index in [9.17, 15) is 0 Å². The molecule has 4 nitrogen and oxygen atoms in total. The molecule has 118 valence electrons. The van der Waals surface area contributed by atoms with Crippen LogP contribution < -0.4 is 10.6 Å². The van der Waals surface area contributed by atoms with Crippen LogP contribution in [0.15, 0.2) is 29.3 Å². The molecule has 0 spiro atoms. The number of aliphatic imine (C=N–C) groups is 1. The van der Waals surface area contributed by atoms with Gasteiger partial charge in [0.1, 0.15) is 0 Å². The predicted molar refractivity (Wildman–Crippen MR) is 102 cm³/mol. The summed E-state index contributed by atoms with van der Waals surface area (Å²) in [6.07, 6.45) is 0. The zero-order chi connectivity index (χ0) is 14.5. The number of hydrogen-bond donors (Lipinski definition) is 1. The van der Waals surface area contributed by atoms with Crippen molar-refractivity contribution >= 4 is 47.2 Å². The van der Waals surface area contributed by atoms with Crippen LogP contribution in [0.5, 0.6) is 0 Å². The Labute approximate surface area is 149 Å². The number of nitrogens with zero attached hydrogens (tertiary/aromatic N) is 3. The van der Waals surface area contributed by atoms with Crippen molar-refractivity contribution in [2.45, 2.75) is 13.8 Å². The molecule has 1 saturated heterocycles. The number of benzene rings is 1. The van der Waals surface area contributed by atoms with Crippen LogP contribution in [0.4, 0.5) is 5.69 Å². The summed E-state index contributed by atoms with van der Waals surface area (Å²) in [5.41, 5.74) is 7.26. The largest absolute Gasteiger partial charge is 0.370 e. The highest BCUT2D eigenvalue weighted by Crippen LogP contribution is 2.19. The van der Waals surface area contributed by atoms with Crippen LogP contribution in [0.3, 0.4) is 0 Å². The fourth-order valence-corrected chi connectivity index (χ4v) is 2.35. The van der Waals surface area contributed by atoms with Gasteiger partial charge in [-0.05, 0) is 30.2 Å². The molecule has 0 bridgehead atoms. The zero-order valence-electron chi connectivity index (χ0n) is 12.6. The van der Waals surface area contributed by atoms with Gasteiger partial charge in [0.05, 0.1) is 0 Å². The molecule has 1 aliphatic rings. The van der Waals surface area contributed by atoms with Gasteiger partial charge in [-0.15, -0.1) is 24.0 Å². The molecule has 0 amide bonds. The van der Waals surface area contributed by atoms with E-state index in [0.29, 0.717) is 11.9 Å². The Balaban J connectivity index is 0.00000220. The van der Waals surface area contributed by atoms with Crippen molar-refractivity contribution in [2.24, 2.45) is 16.6 Å². The lowest BCUT2D eigenvalue weighted by atomic mass is 10.2. The van der Waals surface area contributed by atoms with Gasteiger partial charge in [-0.25, -0.2) is 0 Å². The van der Waals surface area contributed by atoms with E-state index >= 15 is 0 Å². The molecule has 1 fully saturated rings. The molecule has 6 heteroatoms. The number of piperazine rings is 1. The maximum absolute atomic E-state index is 6.04. The summed E-state index contributed by atoms with van der Waals surface area (Å²) in [5.74, 6) is 1.22. The van der Waals surface area contributed by atoms with E-state index < -0.39 is 0 Å². The second kappa shape index (κ2) is 8.68. The third-order valence-electron chi connectivity index (χ3n) is 3.41.